The van der Waals surface area contributed by atoms with Crippen molar-refractivity contribution in [2.24, 2.45) is 0 Å². The van der Waals surface area contributed by atoms with Gasteiger partial charge in [-0.3, -0.25) is 4.90 Å². The van der Waals surface area contributed by atoms with Crippen LogP contribution in [0.1, 0.15) is 5.56 Å². The van der Waals surface area contributed by atoms with Gasteiger partial charge in [0.05, 0.1) is 11.3 Å². The summed E-state index contributed by atoms with van der Waals surface area (Å²) in [5, 5.41) is 9.56. The molecule has 1 atom stereocenters. The fourth-order valence-corrected chi connectivity index (χ4v) is 3.12. The van der Waals surface area contributed by atoms with E-state index in [2.05, 4.69) is 0 Å². The summed E-state index contributed by atoms with van der Waals surface area (Å²) in [7, 11) is 1.06. The Kier molecular flexibility index (Phi) is 3.48. The lowest BCUT2D eigenvalue weighted by molar-refractivity contribution is -0.213. The molecule has 0 N–H and O–H groups in total. The number of urea groups is 1. The third-order valence-corrected chi connectivity index (χ3v) is 4.19. The molecule has 2 aliphatic rings. The smallest absolute Gasteiger partial charge is 0.304 e. The van der Waals surface area contributed by atoms with Gasteiger partial charge < -0.3 is 4.90 Å². The minimum atomic E-state index is -4.88. The number of likely N-dealkylation sites (N-methyl/N-ethyl adjacent to an activating group) is 1. The number of carbonyl (C=O) groups excluding carboxylic acids is 1. The quantitative estimate of drug-likeness (QED) is 0.788. The Balaban J connectivity index is 2.44. The van der Waals surface area contributed by atoms with Gasteiger partial charge in [0.15, 0.2) is 0 Å². The van der Waals surface area contributed by atoms with E-state index in [0.29, 0.717) is 4.90 Å². The first-order chi connectivity index (χ1) is 11.4. The molecule has 0 radical (unpaired) electrons. The maximum absolute atomic E-state index is 14.3. The van der Waals surface area contributed by atoms with Crippen LogP contribution in [0.15, 0.2) is 66.0 Å². The van der Waals surface area contributed by atoms with Crippen molar-refractivity contribution in [2.45, 2.75) is 11.7 Å². The molecular weight excluding hydrogens is 319 g/mol. The van der Waals surface area contributed by atoms with Gasteiger partial charge in [0.1, 0.15) is 6.07 Å². The SMILES string of the molecule is CN1C(=O)N2C=CC=CC2=C(C#N)[C@@]1(c1ccccc1)C(F)(F)F. The van der Waals surface area contributed by atoms with Gasteiger partial charge in [0.25, 0.3) is 0 Å². The van der Waals surface area contributed by atoms with E-state index in [0.717, 1.165) is 11.9 Å². The van der Waals surface area contributed by atoms with Gasteiger partial charge in [0.2, 0.25) is 5.54 Å². The number of carbonyl (C=O) groups is 1. The summed E-state index contributed by atoms with van der Waals surface area (Å²) in [6, 6.07) is 7.85. The molecule has 0 saturated carbocycles. The summed E-state index contributed by atoms with van der Waals surface area (Å²) in [5.74, 6) is 0. The zero-order chi connectivity index (χ0) is 17.5. The summed E-state index contributed by atoms with van der Waals surface area (Å²) < 4.78 is 42.8. The molecule has 0 saturated heterocycles. The zero-order valence-corrected chi connectivity index (χ0v) is 12.6. The Morgan fingerprint density at radius 1 is 1.17 bits per heavy atom. The highest BCUT2D eigenvalue weighted by molar-refractivity contribution is 5.84. The molecule has 0 aromatic heterocycles. The van der Waals surface area contributed by atoms with E-state index in [4.69, 9.17) is 0 Å². The second kappa shape index (κ2) is 5.27. The van der Waals surface area contributed by atoms with Gasteiger partial charge >= 0.3 is 12.2 Å². The number of allylic oxidation sites excluding steroid dienone is 3. The minimum Gasteiger partial charge on any atom is -0.304 e. The minimum absolute atomic E-state index is 0.0655. The summed E-state index contributed by atoms with van der Waals surface area (Å²) in [5.41, 5.74) is -3.62. The lowest BCUT2D eigenvalue weighted by Gasteiger charge is -2.48. The number of fused-ring (bicyclic) bond motifs is 1. The number of benzene rings is 1. The number of hydrogen-bond acceptors (Lipinski definition) is 2. The van der Waals surface area contributed by atoms with Gasteiger partial charge in [-0.05, 0) is 17.7 Å². The van der Waals surface area contributed by atoms with E-state index in [-0.39, 0.29) is 11.3 Å². The normalized spacial score (nSPS) is 23.4. The molecule has 7 heteroatoms. The Morgan fingerprint density at radius 3 is 2.42 bits per heavy atom. The zero-order valence-electron chi connectivity index (χ0n) is 12.6. The summed E-state index contributed by atoms with van der Waals surface area (Å²) in [4.78, 5) is 14.2. The van der Waals surface area contributed by atoms with E-state index in [1.54, 1.807) is 12.1 Å². The molecule has 1 aromatic carbocycles. The molecule has 2 heterocycles. The van der Waals surface area contributed by atoms with Crippen LogP contribution >= 0.6 is 0 Å². The van der Waals surface area contributed by atoms with Crippen LogP contribution in [0.3, 0.4) is 0 Å². The molecule has 2 aliphatic heterocycles. The highest BCUT2D eigenvalue weighted by Gasteiger charge is 2.66. The van der Waals surface area contributed by atoms with Gasteiger partial charge in [0, 0.05) is 13.2 Å². The molecule has 0 unspecified atom stereocenters. The van der Waals surface area contributed by atoms with Crippen molar-refractivity contribution in [3.05, 3.63) is 71.6 Å². The first-order valence-corrected chi connectivity index (χ1v) is 7.04. The molecule has 24 heavy (non-hydrogen) atoms. The molecule has 3 rings (SSSR count). The van der Waals surface area contributed by atoms with Gasteiger partial charge in [-0.15, -0.1) is 0 Å². The summed E-state index contributed by atoms with van der Waals surface area (Å²) in [6.45, 7) is 0. The van der Waals surface area contributed by atoms with Crippen LogP contribution in [-0.2, 0) is 5.54 Å². The molecule has 0 bridgehead atoms. The van der Waals surface area contributed by atoms with E-state index >= 15 is 0 Å². The van der Waals surface area contributed by atoms with Gasteiger partial charge in [-0.1, -0.05) is 36.4 Å². The van der Waals surface area contributed by atoms with Crippen LogP contribution in [-0.4, -0.2) is 29.1 Å². The molecular formula is C17H12F3N3O. The van der Waals surface area contributed by atoms with E-state index < -0.39 is 23.3 Å². The van der Waals surface area contributed by atoms with Gasteiger partial charge in [-0.2, -0.15) is 18.4 Å². The third-order valence-electron chi connectivity index (χ3n) is 4.19. The van der Waals surface area contributed by atoms with Crippen LogP contribution in [0.2, 0.25) is 0 Å². The maximum atomic E-state index is 14.3. The number of halogens is 3. The molecule has 0 spiro atoms. The van der Waals surface area contributed by atoms with Crippen molar-refractivity contribution in [3.8, 4) is 6.07 Å². The lowest BCUT2D eigenvalue weighted by atomic mass is 9.78. The number of amides is 2. The molecule has 0 fully saturated rings. The standard InChI is InChI=1S/C17H12F3N3O/c1-22-15(24)23-10-6-5-9-14(23)13(11-21)16(22,17(18,19)20)12-7-3-2-4-8-12/h2-10H,1H3/t16-/m0/s1. The number of nitriles is 1. The van der Waals surface area contributed by atoms with Crippen molar-refractivity contribution in [1.29, 1.82) is 5.26 Å². The Morgan fingerprint density at radius 2 is 1.83 bits per heavy atom. The van der Waals surface area contributed by atoms with E-state index in [1.807, 2.05) is 0 Å². The van der Waals surface area contributed by atoms with Crippen molar-refractivity contribution in [3.63, 3.8) is 0 Å². The topological polar surface area (TPSA) is 47.3 Å². The van der Waals surface area contributed by atoms with E-state index in [1.165, 1.54) is 48.7 Å². The maximum Gasteiger partial charge on any atom is 0.421 e. The monoisotopic (exact) mass is 331 g/mol. The number of alkyl halides is 3. The Bertz CT molecular complexity index is 818. The molecule has 0 aliphatic carbocycles. The van der Waals surface area contributed by atoms with Crippen LogP contribution in [0.25, 0.3) is 0 Å². The second-order valence-electron chi connectivity index (χ2n) is 5.36. The fraction of sp³-hybridized carbons (Fsp3) is 0.176. The second-order valence-corrected chi connectivity index (χ2v) is 5.36. The van der Waals surface area contributed by atoms with Crippen LogP contribution in [0, 0.1) is 11.3 Å². The average molecular weight is 331 g/mol. The highest BCUT2D eigenvalue weighted by atomic mass is 19.4. The van der Waals surface area contributed by atoms with Crippen LogP contribution in [0.4, 0.5) is 18.0 Å². The van der Waals surface area contributed by atoms with Crippen LogP contribution < -0.4 is 0 Å². The number of nitrogens with zero attached hydrogens (tertiary/aromatic N) is 3. The van der Waals surface area contributed by atoms with Crippen LogP contribution in [0.5, 0.6) is 0 Å². The van der Waals surface area contributed by atoms with Gasteiger partial charge in [-0.25, -0.2) is 4.79 Å². The molecule has 1 aromatic rings. The predicted molar refractivity (Wildman–Crippen MR) is 80.1 cm³/mol. The summed E-state index contributed by atoms with van der Waals surface area (Å²) >= 11 is 0. The fourth-order valence-electron chi connectivity index (χ4n) is 3.12. The number of hydrogen-bond donors (Lipinski definition) is 0. The Labute approximate surface area is 136 Å². The first kappa shape index (κ1) is 15.9. The number of rotatable bonds is 1. The highest BCUT2D eigenvalue weighted by Crippen LogP contribution is 2.52. The molecule has 122 valence electrons. The molecule has 2 amide bonds. The van der Waals surface area contributed by atoms with Crippen molar-refractivity contribution < 1.29 is 18.0 Å². The average Bonchev–Trinajstić information content (AvgIpc) is 2.57. The third kappa shape index (κ3) is 1.89. The summed E-state index contributed by atoms with van der Waals surface area (Å²) in [6.07, 6.45) is 0.822. The van der Waals surface area contributed by atoms with Crippen molar-refractivity contribution in [2.75, 3.05) is 7.05 Å². The van der Waals surface area contributed by atoms with E-state index in [9.17, 15) is 23.2 Å². The van der Waals surface area contributed by atoms with Crippen molar-refractivity contribution >= 4 is 6.03 Å². The predicted octanol–water partition coefficient (Wildman–Crippen LogP) is 3.67. The lowest BCUT2D eigenvalue weighted by Crippen LogP contribution is -2.63. The first-order valence-electron chi connectivity index (χ1n) is 7.04. The van der Waals surface area contributed by atoms with Crippen molar-refractivity contribution in [1.82, 2.24) is 9.80 Å². The Hall–Kier alpha value is -3.01. The largest absolute Gasteiger partial charge is 0.421 e. The molecule has 4 nitrogen and oxygen atoms in total.